The Bertz CT molecular complexity index is 585. The molecule has 1 fully saturated rings. The molecular formula is C16H23N3S. The average Bonchev–Trinajstić information content (AvgIpc) is 2.89. The predicted octanol–water partition coefficient (Wildman–Crippen LogP) is 4.16. The summed E-state index contributed by atoms with van der Waals surface area (Å²) in [7, 11) is 0. The van der Waals surface area contributed by atoms with E-state index in [4.69, 9.17) is 0 Å². The molecule has 1 aliphatic rings. The number of rotatable bonds is 4. The normalized spacial score (nSPS) is 16.9. The summed E-state index contributed by atoms with van der Waals surface area (Å²) in [6, 6.07) is 2.36. The van der Waals surface area contributed by atoms with Crippen molar-refractivity contribution in [1.82, 2.24) is 15.3 Å². The number of thiophene rings is 1. The van der Waals surface area contributed by atoms with E-state index in [0.29, 0.717) is 0 Å². The molecule has 0 aromatic carbocycles. The van der Waals surface area contributed by atoms with Gasteiger partial charge in [0.2, 0.25) is 0 Å². The number of hydrogen-bond donors (Lipinski definition) is 1. The average molecular weight is 289 g/mol. The van der Waals surface area contributed by atoms with Gasteiger partial charge in [-0.15, -0.1) is 11.3 Å². The van der Waals surface area contributed by atoms with Crippen molar-refractivity contribution in [1.29, 1.82) is 0 Å². The molecular weight excluding hydrogens is 266 g/mol. The van der Waals surface area contributed by atoms with Crippen molar-refractivity contribution in [3.63, 3.8) is 0 Å². The first kappa shape index (κ1) is 14.0. The van der Waals surface area contributed by atoms with Crippen LogP contribution in [0, 0.1) is 6.92 Å². The summed E-state index contributed by atoms with van der Waals surface area (Å²) in [5.74, 6) is 1.65. The van der Waals surface area contributed by atoms with E-state index in [0.717, 1.165) is 30.5 Å². The molecule has 20 heavy (non-hydrogen) atoms. The Hall–Kier alpha value is -1.00. The Kier molecular flexibility index (Phi) is 4.32. The zero-order valence-corrected chi connectivity index (χ0v) is 13.2. The standard InChI is InChI=1S/C16H23N3S/c1-3-17-10-14-13-9-15(12-7-5-4-6-8-12)20-16(13)19-11(2)18-14/h9,12,17H,3-8,10H2,1-2H3. The van der Waals surface area contributed by atoms with Gasteiger partial charge in [0, 0.05) is 16.8 Å². The van der Waals surface area contributed by atoms with Crippen molar-refractivity contribution in [2.45, 2.75) is 58.4 Å². The number of fused-ring (bicyclic) bond motifs is 1. The van der Waals surface area contributed by atoms with Crippen molar-refractivity contribution < 1.29 is 0 Å². The smallest absolute Gasteiger partial charge is 0.127 e. The van der Waals surface area contributed by atoms with Gasteiger partial charge in [-0.1, -0.05) is 26.2 Å². The zero-order chi connectivity index (χ0) is 13.9. The molecule has 1 N–H and O–H groups in total. The fraction of sp³-hybridized carbons (Fsp3) is 0.625. The van der Waals surface area contributed by atoms with Crippen LogP contribution in [0.3, 0.4) is 0 Å². The third-order valence-electron chi connectivity index (χ3n) is 4.15. The van der Waals surface area contributed by atoms with E-state index >= 15 is 0 Å². The second kappa shape index (κ2) is 6.19. The van der Waals surface area contributed by atoms with Crippen LogP contribution in [0.25, 0.3) is 10.2 Å². The van der Waals surface area contributed by atoms with Gasteiger partial charge in [-0.05, 0) is 38.3 Å². The minimum absolute atomic E-state index is 0.759. The molecule has 108 valence electrons. The van der Waals surface area contributed by atoms with Crippen LogP contribution in [-0.2, 0) is 6.54 Å². The van der Waals surface area contributed by atoms with Gasteiger partial charge in [0.1, 0.15) is 10.7 Å². The van der Waals surface area contributed by atoms with Crippen LogP contribution in [0.5, 0.6) is 0 Å². The van der Waals surface area contributed by atoms with Crippen molar-refractivity contribution >= 4 is 21.6 Å². The Balaban J connectivity index is 1.96. The monoisotopic (exact) mass is 289 g/mol. The highest BCUT2D eigenvalue weighted by atomic mass is 32.1. The Morgan fingerprint density at radius 1 is 1.25 bits per heavy atom. The molecule has 4 heteroatoms. The van der Waals surface area contributed by atoms with Crippen molar-refractivity contribution in [3.8, 4) is 0 Å². The molecule has 1 aliphatic carbocycles. The maximum Gasteiger partial charge on any atom is 0.127 e. The molecule has 0 atom stereocenters. The fourth-order valence-corrected chi connectivity index (χ4v) is 4.35. The number of nitrogens with one attached hydrogen (secondary N) is 1. The summed E-state index contributed by atoms with van der Waals surface area (Å²) in [5, 5.41) is 4.65. The summed E-state index contributed by atoms with van der Waals surface area (Å²) in [6.07, 6.45) is 6.87. The van der Waals surface area contributed by atoms with E-state index in [-0.39, 0.29) is 0 Å². The molecule has 0 bridgehead atoms. The predicted molar refractivity (Wildman–Crippen MR) is 85.4 cm³/mol. The second-order valence-corrected chi connectivity index (χ2v) is 6.76. The van der Waals surface area contributed by atoms with E-state index in [2.05, 4.69) is 28.3 Å². The lowest BCUT2D eigenvalue weighted by Gasteiger charge is -2.19. The number of aryl methyl sites for hydroxylation is 1. The van der Waals surface area contributed by atoms with E-state index in [1.165, 1.54) is 47.2 Å². The largest absolute Gasteiger partial charge is 0.311 e. The van der Waals surface area contributed by atoms with Crippen molar-refractivity contribution in [3.05, 3.63) is 22.5 Å². The molecule has 0 saturated heterocycles. The quantitative estimate of drug-likeness (QED) is 0.918. The van der Waals surface area contributed by atoms with Gasteiger partial charge in [0.05, 0.1) is 5.69 Å². The van der Waals surface area contributed by atoms with Crippen LogP contribution in [0.2, 0.25) is 0 Å². The fourth-order valence-electron chi connectivity index (χ4n) is 3.08. The van der Waals surface area contributed by atoms with Gasteiger partial charge in [-0.25, -0.2) is 9.97 Å². The van der Waals surface area contributed by atoms with Crippen LogP contribution >= 0.6 is 11.3 Å². The maximum atomic E-state index is 4.64. The highest BCUT2D eigenvalue weighted by Crippen LogP contribution is 2.38. The van der Waals surface area contributed by atoms with Crippen molar-refractivity contribution in [2.24, 2.45) is 0 Å². The molecule has 3 rings (SSSR count). The van der Waals surface area contributed by atoms with E-state index < -0.39 is 0 Å². The van der Waals surface area contributed by atoms with Crippen molar-refractivity contribution in [2.75, 3.05) is 6.54 Å². The van der Waals surface area contributed by atoms with Gasteiger partial charge in [0.15, 0.2) is 0 Å². The maximum absolute atomic E-state index is 4.64. The Morgan fingerprint density at radius 3 is 2.80 bits per heavy atom. The molecule has 0 aliphatic heterocycles. The van der Waals surface area contributed by atoms with Gasteiger partial charge in [-0.2, -0.15) is 0 Å². The first-order valence-electron chi connectivity index (χ1n) is 7.75. The minimum Gasteiger partial charge on any atom is -0.311 e. The summed E-state index contributed by atoms with van der Waals surface area (Å²) in [6.45, 7) is 5.95. The van der Waals surface area contributed by atoms with Gasteiger partial charge < -0.3 is 5.32 Å². The highest BCUT2D eigenvalue weighted by molar-refractivity contribution is 7.18. The number of nitrogens with zero attached hydrogens (tertiary/aromatic N) is 2. The summed E-state index contributed by atoms with van der Waals surface area (Å²) in [4.78, 5) is 12.0. The number of aromatic nitrogens is 2. The van der Waals surface area contributed by atoms with Crippen LogP contribution < -0.4 is 5.32 Å². The summed E-state index contributed by atoms with van der Waals surface area (Å²) >= 11 is 1.89. The van der Waals surface area contributed by atoms with Crippen LogP contribution in [0.1, 0.15) is 61.3 Å². The molecule has 2 aromatic heterocycles. The van der Waals surface area contributed by atoms with Crippen LogP contribution in [-0.4, -0.2) is 16.5 Å². The highest BCUT2D eigenvalue weighted by Gasteiger charge is 2.19. The molecule has 0 spiro atoms. The lowest BCUT2D eigenvalue weighted by molar-refractivity contribution is 0.448. The molecule has 0 unspecified atom stereocenters. The van der Waals surface area contributed by atoms with E-state index in [1.54, 1.807) is 0 Å². The first-order chi connectivity index (χ1) is 9.78. The summed E-state index contributed by atoms with van der Waals surface area (Å²) < 4.78 is 0. The van der Waals surface area contributed by atoms with E-state index in [1.807, 2.05) is 18.3 Å². The third kappa shape index (κ3) is 2.86. The zero-order valence-electron chi connectivity index (χ0n) is 12.4. The lowest BCUT2D eigenvalue weighted by Crippen LogP contribution is -2.13. The van der Waals surface area contributed by atoms with Gasteiger partial charge in [0.25, 0.3) is 0 Å². The first-order valence-corrected chi connectivity index (χ1v) is 8.57. The molecule has 2 heterocycles. The molecule has 3 nitrogen and oxygen atoms in total. The molecule has 2 aromatic rings. The number of hydrogen-bond acceptors (Lipinski definition) is 4. The summed E-state index contributed by atoms with van der Waals surface area (Å²) in [5.41, 5.74) is 1.16. The minimum atomic E-state index is 0.759. The Morgan fingerprint density at radius 2 is 2.05 bits per heavy atom. The SMILES string of the molecule is CCNCc1nc(C)nc2sc(C3CCCCC3)cc12. The molecule has 0 radical (unpaired) electrons. The molecule has 1 saturated carbocycles. The van der Waals surface area contributed by atoms with Gasteiger partial charge >= 0.3 is 0 Å². The second-order valence-electron chi connectivity index (χ2n) is 5.70. The van der Waals surface area contributed by atoms with Crippen LogP contribution in [0.15, 0.2) is 6.07 Å². The topological polar surface area (TPSA) is 37.8 Å². The van der Waals surface area contributed by atoms with Gasteiger partial charge in [-0.3, -0.25) is 0 Å². The van der Waals surface area contributed by atoms with Crippen LogP contribution in [0.4, 0.5) is 0 Å². The lowest BCUT2D eigenvalue weighted by atomic mass is 9.88. The van der Waals surface area contributed by atoms with E-state index in [9.17, 15) is 0 Å². The third-order valence-corrected chi connectivity index (χ3v) is 5.34. The molecule has 0 amide bonds. The Labute approximate surface area is 124 Å².